The van der Waals surface area contributed by atoms with Crippen molar-refractivity contribution in [3.05, 3.63) is 67.3 Å². The molecule has 162 valence electrons. The molecule has 1 fully saturated rings. The Bertz CT molecular complexity index is 1210. The fourth-order valence-electron chi connectivity index (χ4n) is 4.31. The van der Waals surface area contributed by atoms with E-state index in [0.717, 1.165) is 60.3 Å². The predicted octanol–water partition coefficient (Wildman–Crippen LogP) is 3.02. The van der Waals surface area contributed by atoms with Crippen LogP contribution in [0.15, 0.2) is 67.3 Å². The molecule has 1 aliphatic rings. The fraction of sp³-hybridized carbons (Fsp3) is 0.250. The lowest BCUT2D eigenvalue weighted by molar-refractivity contribution is -0.115. The van der Waals surface area contributed by atoms with Gasteiger partial charge in [-0.05, 0) is 24.3 Å². The zero-order valence-corrected chi connectivity index (χ0v) is 17.8. The highest BCUT2D eigenvalue weighted by Gasteiger charge is 2.26. The lowest BCUT2D eigenvalue weighted by Gasteiger charge is -2.39. The molecule has 0 N–H and O–H groups in total. The van der Waals surface area contributed by atoms with Gasteiger partial charge in [-0.15, -0.1) is 0 Å². The molecule has 8 heteroatoms. The number of carbonyl (C=O) groups is 1. The quantitative estimate of drug-likeness (QED) is 0.437. The van der Waals surface area contributed by atoms with Crippen molar-refractivity contribution in [3.8, 4) is 17.1 Å². The minimum Gasteiger partial charge on any atom is -0.467 e. The zero-order valence-electron chi connectivity index (χ0n) is 17.8. The van der Waals surface area contributed by atoms with E-state index in [1.165, 1.54) is 0 Å². The number of rotatable bonds is 6. The van der Waals surface area contributed by atoms with Crippen LogP contribution in [-0.4, -0.2) is 64.0 Å². The number of carbonyl (C=O) groups excluding carboxylic acids is 1. The average molecular weight is 428 g/mol. The molecule has 1 saturated heterocycles. The molecule has 0 bridgehead atoms. The summed E-state index contributed by atoms with van der Waals surface area (Å²) in [5.41, 5.74) is 3.99. The molecular weight excluding hydrogens is 404 g/mol. The second-order valence-corrected chi connectivity index (χ2v) is 7.69. The van der Waals surface area contributed by atoms with Crippen molar-refractivity contribution >= 4 is 23.0 Å². The van der Waals surface area contributed by atoms with Crippen LogP contribution in [0.3, 0.4) is 0 Å². The molecule has 1 aliphatic heterocycles. The summed E-state index contributed by atoms with van der Waals surface area (Å²) < 4.78 is 7.04. The van der Waals surface area contributed by atoms with Crippen LogP contribution in [0, 0.1) is 0 Å². The van der Waals surface area contributed by atoms with Gasteiger partial charge in [0.1, 0.15) is 11.8 Å². The SMILES string of the molecule is COc1ncc(-c2ccccc2N2CCN(C(C=O)n3ccc4cccnc43)CC2)cn1. The van der Waals surface area contributed by atoms with Crippen LogP contribution in [0.25, 0.3) is 22.2 Å². The lowest BCUT2D eigenvalue weighted by atomic mass is 10.1. The van der Waals surface area contributed by atoms with Crippen molar-refractivity contribution in [1.82, 2.24) is 24.4 Å². The van der Waals surface area contributed by atoms with Crippen molar-refractivity contribution in [2.75, 3.05) is 38.2 Å². The maximum absolute atomic E-state index is 12.1. The first-order valence-electron chi connectivity index (χ1n) is 10.6. The largest absolute Gasteiger partial charge is 0.467 e. The first-order chi connectivity index (χ1) is 15.8. The van der Waals surface area contributed by atoms with E-state index in [2.05, 4.69) is 36.9 Å². The number of methoxy groups -OCH3 is 1. The van der Waals surface area contributed by atoms with Gasteiger partial charge in [-0.25, -0.2) is 15.0 Å². The molecule has 1 unspecified atom stereocenters. The molecule has 1 atom stereocenters. The topological polar surface area (TPSA) is 76.4 Å². The van der Waals surface area contributed by atoms with Crippen LogP contribution in [0.5, 0.6) is 6.01 Å². The normalized spacial score (nSPS) is 15.6. The van der Waals surface area contributed by atoms with Crippen LogP contribution in [0.1, 0.15) is 6.17 Å². The molecule has 0 amide bonds. The number of hydrogen-bond donors (Lipinski definition) is 0. The van der Waals surface area contributed by atoms with E-state index in [-0.39, 0.29) is 6.17 Å². The van der Waals surface area contributed by atoms with Crippen LogP contribution < -0.4 is 9.64 Å². The van der Waals surface area contributed by atoms with Crippen molar-refractivity contribution in [2.24, 2.45) is 0 Å². The summed E-state index contributed by atoms with van der Waals surface area (Å²) >= 11 is 0. The molecule has 1 aromatic carbocycles. The van der Waals surface area contributed by atoms with Crippen LogP contribution in [-0.2, 0) is 4.79 Å². The number of pyridine rings is 1. The molecular formula is C24H24N6O2. The van der Waals surface area contributed by atoms with Gasteiger partial charge in [0.2, 0.25) is 0 Å². The Morgan fingerprint density at radius 1 is 0.969 bits per heavy atom. The minimum atomic E-state index is -0.366. The van der Waals surface area contributed by atoms with Crippen LogP contribution >= 0.6 is 0 Å². The number of aromatic nitrogens is 4. The number of fused-ring (bicyclic) bond motifs is 1. The molecule has 0 saturated carbocycles. The number of piperazine rings is 1. The van der Waals surface area contributed by atoms with E-state index >= 15 is 0 Å². The molecule has 0 spiro atoms. The summed E-state index contributed by atoms with van der Waals surface area (Å²) in [5, 5.41) is 1.04. The van der Waals surface area contributed by atoms with Gasteiger partial charge >= 0.3 is 6.01 Å². The summed E-state index contributed by atoms with van der Waals surface area (Å²) in [7, 11) is 1.56. The number of anilines is 1. The predicted molar refractivity (Wildman–Crippen MR) is 123 cm³/mol. The third-order valence-corrected chi connectivity index (χ3v) is 5.94. The number of hydrogen-bond acceptors (Lipinski definition) is 7. The van der Waals surface area contributed by atoms with E-state index in [4.69, 9.17) is 4.74 Å². The minimum absolute atomic E-state index is 0.353. The van der Waals surface area contributed by atoms with E-state index in [1.54, 1.807) is 25.7 Å². The zero-order chi connectivity index (χ0) is 21.9. The van der Waals surface area contributed by atoms with Gasteiger partial charge in [0.25, 0.3) is 0 Å². The first-order valence-corrected chi connectivity index (χ1v) is 10.6. The van der Waals surface area contributed by atoms with Gasteiger partial charge < -0.3 is 14.2 Å². The molecule has 4 heterocycles. The number of ether oxygens (including phenoxy) is 1. The Labute approximate surface area is 186 Å². The number of aldehydes is 1. The van der Waals surface area contributed by atoms with Crippen molar-refractivity contribution in [1.29, 1.82) is 0 Å². The Kier molecular flexibility index (Phi) is 5.51. The number of nitrogens with zero attached hydrogens (tertiary/aromatic N) is 6. The average Bonchev–Trinajstić information content (AvgIpc) is 3.29. The Morgan fingerprint density at radius 2 is 1.75 bits per heavy atom. The van der Waals surface area contributed by atoms with Gasteiger partial charge in [0.05, 0.1) is 7.11 Å². The first kappa shape index (κ1) is 20.1. The third kappa shape index (κ3) is 3.69. The fourth-order valence-corrected chi connectivity index (χ4v) is 4.31. The summed E-state index contributed by atoms with van der Waals surface area (Å²) in [6.45, 7) is 3.16. The maximum Gasteiger partial charge on any atom is 0.316 e. The molecule has 0 radical (unpaired) electrons. The molecule has 3 aromatic heterocycles. The van der Waals surface area contributed by atoms with Crippen molar-refractivity contribution in [3.63, 3.8) is 0 Å². The second-order valence-electron chi connectivity index (χ2n) is 7.69. The van der Waals surface area contributed by atoms with Crippen molar-refractivity contribution in [2.45, 2.75) is 6.17 Å². The molecule has 0 aliphatic carbocycles. The summed E-state index contributed by atoms with van der Waals surface area (Å²) in [5.74, 6) is 0. The molecule has 32 heavy (non-hydrogen) atoms. The summed E-state index contributed by atoms with van der Waals surface area (Å²) in [6.07, 6.45) is 7.92. The van der Waals surface area contributed by atoms with E-state index in [0.29, 0.717) is 6.01 Å². The smallest absolute Gasteiger partial charge is 0.316 e. The van der Waals surface area contributed by atoms with E-state index < -0.39 is 0 Å². The Balaban J connectivity index is 1.35. The van der Waals surface area contributed by atoms with Gasteiger partial charge in [-0.2, -0.15) is 0 Å². The maximum atomic E-state index is 12.1. The van der Waals surface area contributed by atoms with Gasteiger partial charge in [0, 0.05) is 73.2 Å². The van der Waals surface area contributed by atoms with Crippen LogP contribution in [0.2, 0.25) is 0 Å². The van der Waals surface area contributed by atoms with E-state index in [1.807, 2.05) is 41.1 Å². The monoisotopic (exact) mass is 428 g/mol. The molecule has 8 nitrogen and oxygen atoms in total. The highest BCUT2D eigenvalue weighted by molar-refractivity contribution is 5.78. The van der Waals surface area contributed by atoms with Crippen LogP contribution in [0.4, 0.5) is 5.69 Å². The highest BCUT2D eigenvalue weighted by atomic mass is 16.5. The lowest BCUT2D eigenvalue weighted by Crippen LogP contribution is -2.49. The Hall–Kier alpha value is -3.78. The summed E-state index contributed by atoms with van der Waals surface area (Å²) in [6, 6.07) is 14.5. The van der Waals surface area contributed by atoms with Gasteiger partial charge in [-0.1, -0.05) is 18.2 Å². The standard InChI is InChI=1S/C24H24N6O2/c1-32-24-26-15-19(16-27-24)20-6-2-3-7-21(20)28-11-13-29(14-12-28)22(17-31)30-10-8-18-5-4-9-25-23(18)30/h2-10,15-17,22H,11-14H2,1H3. The van der Waals surface area contributed by atoms with Gasteiger partial charge in [-0.3, -0.25) is 9.69 Å². The van der Waals surface area contributed by atoms with E-state index in [9.17, 15) is 4.79 Å². The Morgan fingerprint density at radius 3 is 2.50 bits per heavy atom. The number of para-hydroxylation sites is 1. The second kappa shape index (κ2) is 8.76. The highest BCUT2D eigenvalue weighted by Crippen LogP contribution is 2.32. The van der Waals surface area contributed by atoms with Crippen molar-refractivity contribution < 1.29 is 9.53 Å². The summed E-state index contributed by atoms with van der Waals surface area (Å²) in [4.78, 5) is 29.6. The number of benzene rings is 1. The molecule has 4 aromatic rings. The molecule has 5 rings (SSSR count). The van der Waals surface area contributed by atoms with Gasteiger partial charge in [0.15, 0.2) is 6.29 Å². The third-order valence-electron chi connectivity index (χ3n) is 5.94.